The average molecular weight is 429 g/mol. The zero-order valence-electron chi connectivity index (χ0n) is 10.2. The molecule has 0 aromatic heterocycles. The van der Waals surface area contributed by atoms with Gasteiger partial charge in [0.1, 0.15) is 0 Å². The molecule has 0 saturated heterocycles. The minimum atomic E-state index is -6.55. The molecule has 0 saturated carbocycles. The van der Waals surface area contributed by atoms with Gasteiger partial charge in [-0.15, -0.1) is 0 Å². The second kappa shape index (κ2) is 5.61. The Bertz CT molecular complexity index is 556. The predicted molar refractivity (Wildman–Crippen MR) is 68.5 cm³/mol. The van der Waals surface area contributed by atoms with Gasteiger partial charge in [0.25, 0.3) is 0 Å². The summed E-state index contributed by atoms with van der Waals surface area (Å²) in [4.78, 5) is 11.1. The first-order valence-electron chi connectivity index (χ1n) is 5.20. The van der Waals surface area contributed by atoms with Crippen molar-refractivity contribution >= 4 is 34.2 Å². The third-order valence-electron chi connectivity index (χ3n) is 2.41. The molecule has 0 atom stereocenters. The molecule has 0 aliphatic rings. The van der Waals surface area contributed by atoms with Gasteiger partial charge in [0.2, 0.25) is 0 Å². The fraction of sp³-hybridized carbons (Fsp3) is 0.364. The van der Waals surface area contributed by atoms with Crippen LogP contribution in [0.5, 0.6) is 0 Å². The molecule has 10 heteroatoms. The Morgan fingerprint density at radius 3 is 2.05 bits per heavy atom. The van der Waals surface area contributed by atoms with Crippen molar-refractivity contribution in [3.63, 3.8) is 0 Å². The minimum Gasteiger partial charge on any atom is -0.320 e. The highest BCUT2D eigenvalue weighted by Gasteiger charge is 2.76. The summed E-state index contributed by atoms with van der Waals surface area (Å²) in [6.07, 6.45) is -6.55. The molecule has 2 nitrogen and oxygen atoms in total. The minimum absolute atomic E-state index is 0.215. The van der Waals surface area contributed by atoms with E-state index in [0.717, 1.165) is 6.07 Å². The lowest BCUT2D eigenvalue weighted by molar-refractivity contribution is -0.343. The van der Waals surface area contributed by atoms with E-state index in [9.17, 15) is 35.5 Å². The number of hydrogen-bond donors (Lipinski definition) is 1. The molecule has 1 amide bonds. The predicted octanol–water partition coefficient (Wildman–Crippen LogP) is 4.37. The van der Waals surface area contributed by atoms with Crippen LogP contribution in [0, 0.1) is 10.5 Å². The van der Waals surface area contributed by atoms with Gasteiger partial charge in [0.15, 0.2) is 0 Å². The number of amides is 1. The number of carbonyl (C=O) groups excluding carboxylic acids is 1. The molecule has 0 spiro atoms. The molecule has 0 bridgehead atoms. The summed E-state index contributed by atoms with van der Waals surface area (Å²) in [5.41, 5.74) is 0.397. The fourth-order valence-electron chi connectivity index (χ4n) is 1.24. The second-order valence-electron chi connectivity index (χ2n) is 4.08. The smallest absolute Gasteiger partial charge is 0.320 e. The van der Waals surface area contributed by atoms with Crippen molar-refractivity contribution in [2.24, 2.45) is 0 Å². The summed E-state index contributed by atoms with van der Waals surface area (Å²) >= 11 is 1.62. The molecule has 1 N–H and O–H groups in total. The van der Waals surface area contributed by atoms with Crippen molar-refractivity contribution in [1.82, 2.24) is 0 Å². The van der Waals surface area contributed by atoms with Crippen LogP contribution in [0.15, 0.2) is 18.2 Å². The maximum atomic E-state index is 13.1. The van der Waals surface area contributed by atoms with Crippen molar-refractivity contribution in [2.45, 2.75) is 24.9 Å². The Kier molecular flexibility index (Phi) is 4.81. The van der Waals surface area contributed by atoms with Gasteiger partial charge in [0.05, 0.1) is 5.69 Å². The highest BCUT2D eigenvalue weighted by atomic mass is 127. The second-order valence-corrected chi connectivity index (χ2v) is 5.25. The van der Waals surface area contributed by atoms with Gasteiger partial charge >= 0.3 is 23.9 Å². The van der Waals surface area contributed by atoms with E-state index in [1.54, 1.807) is 29.5 Å². The molecule has 1 rings (SSSR count). The van der Waals surface area contributed by atoms with Crippen molar-refractivity contribution in [3.8, 4) is 0 Å². The van der Waals surface area contributed by atoms with Crippen LogP contribution in [0.25, 0.3) is 0 Å². The molecule has 1 aromatic carbocycles. The number of anilines is 1. The van der Waals surface area contributed by atoms with Crippen LogP contribution in [0.2, 0.25) is 0 Å². The van der Waals surface area contributed by atoms with E-state index >= 15 is 0 Å². The standard InChI is InChI=1S/C11H7F7INO/c1-5-2-3-7(6(19)4-5)20-8(21)9(12,13)10(14,15)11(16,17)18/h2-4H,1H3,(H,20,21). The van der Waals surface area contributed by atoms with Crippen LogP contribution in [-0.2, 0) is 4.79 Å². The lowest BCUT2D eigenvalue weighted by atomic mass is 10.1. The van der Waals surface area contributed by atoms with E-state index in [2.05, 4.69) is 0 Å². The Hall–Kier alpha value is -1.07. The molecule has 118 valence electrons. The van der Waals surface area contributed by atoms with E-state index in [1.807, 2.05) is 0 Å². The lowest BCUT2D eigenvalue weighted by Crippen LogP contribution is -2.57. The molecule has 21 heavy (non-hydrogen) atoms. The van der Waals surface area contributed by atoms with E-state index in [0.29, 0.717) is 5.56 Å². The van der Waals surface area contributed by atoms with Crippen molar-refractivity contribution in [2.75, 3.05) is 5.32 Å². The van der Waals surface area contributed by atoms with Crippen molar-refractivity contribution in [3.05, 3.63) is 27.3 Å². The van der Waals surface area contributed by atoms with Gasteiger partial charge in [0, 0.05) is 3.57 Å². The number of benzene rings is 1. The zero-order valence-corrected chi connectivity index (χ0v) is 12.3. The normalized spacial score (nSPS) is 13.2. The van der Waals surface area contributed by atoms with Crippen molar-refractivity contribution in [1.29, 1.82) is 0 Å². The zero-order chi connectivity index (χ0) is 16.6. The highest BCUT2D eigenvalue weighted by molar-refractivity contribution is 14.1. The Morgan fingerprint density at radius 2 is 1.62 bits per heavy atom. The Labute approximate surface area is 127 Å². The molecule has 0 aliphatic heterocycles. The van der Waals surface area contributed by atoms with Crippen LogP contribution >= 0.6 is 22.6 Å². The number of hydrogen-bond acceptors (Lipinski definition) is 1. The van der Waals surface area contributed by atoms with E-state index in [1.165, 1.54) is 17.4 Å². The molecule has 0 aliphatic carbocycles. The van der Waals surface area contributed by atoms with Crippen LogP contribution in [0.4, 0.5) is 36.4 Å². The Balaban J connectivity index is 3.07. The van der Waals surface area contributed by atoms with Gasteiger partial charge in [-0.25, -0.2) is 0 Å². The monoisotopic (exact) mass is 429 g/mol. The molecule has 0 fully saturated rings. The molecule has 0 heterocycles. The van der Waals surface area contributed by atoms with Gasteiger partial charge in [-0.2, -0.15) is 30.7 Å². The van der Waals surface area contributed by atoms with Crippen LogP contribution < -0.4 is 5.32 Å². The molecular weight excluding hydrogens is 422 g/mol. The summed E-state index contributed by atoms with van der Waals surface area (Å²) in [5, 5.41) is 1.38. The van der Waals surface area contributed by atoms with E-state index < -0.39 is 23.9 Å². The van der Waals surface area contributed by atoms with Gasteiger partial charge in [-0.1, -0.05) is 6.07 Å². The molecular formula is C11H7F7INO. The summed E-state index contributed by atoms with van der Waals surface area (Å²) in [6.45, 7) is 1.64. The summed E-state index contributed by atoms with van der Waals surface area (Å²) in [6, 6.07) is 3.92. The Morgan fingerprint density at radius 1 is 1.10 bits per heavy atom. The summed E-state index contributed by atoms with van der Waals surface area (Å²) < 4.78 is 87.6. The first-order chi connectivity index (χ1) is 9.30. The SMILES string of the molecule is Cc1ccc(NC(=O)C(F)(F)C(F)(F)C(F)(F)F)c(I)c1. The molecule has 0 unspecified atom stereocenters. The maximum absolute atomic E-state index is 13.1. The van der Waals surface area contributed by atoms with Crippen LogP contribution in [-0.4, -0.2) is 23.9 Å². The summed E-state index contributed by atoms with van der Waals surface area (Å²) in [5.74, 6) is -15.1. The van der Waals surface area contributed by atoms with Crippen LogP contribution in [0.3, 0.4) is 0 Å². The van der Waals surface area contributed by atoms with Gasteiger partial charge in [-0.05, 0) is 47.2 Å². The number of nitrogens with one attached hydrogen (secondary N) is 1. The fourth-order valence-corrected chi connectivity index (χ4v) is 2.05. The van der Waals surface area contributed by atoms with Gasteiger partial charge < -0.3 is 5.32 Å². The third kappa shape index (κ3) is 3.40. The average Bonchev–Trinajstić information content (AvgIpc) is 2.30. The number of carbonyl (C=O) groups is 1. The first-order valence-corrected chi connectivity index (χ1v) is 6.28. The number of rotatable bonds is 3. The first kappa shape index (κ1) is 18.0. The number of halogens is 8. The lowest BCUT2D eigenvalue weighted by Gasteiger charge is -2.27. The largest absolute Gasteiger partial charge is 0.460 e. The number of aryl methyl sites for hydroxylation is 1. The van der Waals surface area contributed by atoms with E-state index in [-0.39, 0.29) is 9.26 Å². The quantitative estimate of drug-likeness (QED) is 0.562. The van der Waals surface area contributed by atoms with E-state index in [4.69, 9.17) is 0 Å². The highest BCUT2D eigenvalue weighted by Crippen LogP contribution is 2.46. The maximum Gasteiger partial charge on any atom is 0.460 e. The topological polar surface area (TPSA) is 29.1 Å². The molecule has 1 aromatic rings. The molecule has 0 radical (unpaired) electrons. The summed E-state index contributed by atoms with van der Waals surface area (Å²) in [7, 11) is 0. The number of alkyl halides is 7. The van der Waals surface area contributed by atoms with Crippen molar-refractivity contribution < 1.29 is 35.5 Å². The van der Waals surface area contributed by atoms with Crippen LogP contribution in [0.1, 0.15) is 5.56 Å². The van der Waals surface area contributed by atoms with Gasteiger partial charge in [-0.3, -0.25) is 4.79 Å². The third-order valence-corrected chi connectivity index (χ3v) is 3.30.